The predicted molar refractivity (Wildman–Crippen MR) is 133 cm³/mol. The minimum absolute atomic E-state index is 0. The average molecular weight is 569 g/mol. The molecular formula is C22H35F3IN5O. The number of anilines is 1. The SMILES string of the molecule is CCNC(=NCc1cc(C(F)(F)F)ccc1N1CCN(C)CC1)NCC1(C)CCCO1.I. The van der Waals surface area contributed by atoms with Crippen LogP contribution < -0.4 is 15.5 Å². The number of guanidine groups is 1. The topological polar surface area (TPSA) is 52.1 Å². The molecule has 0 bridgehead atoms. The summed E-state index contributed by atoms with van der Waals surface area (Å²) in [6.07, 6.45) is -2.37. The lowest BCUT2D eigenvalue weighted by molar-refractivity contribution is -0.137. The van der Waals surface area contributed by atoms with Crippen molar-refractivity contribution in [3.63, 3.8) is 0 Å². The zero-order valence-electron chi connectivity index (χ0n) is 19.1. The van der Waals surface area contributed by atoms with Crippen molar-refractivity contribution in [1.29, 1.82) is 0 Å². The van der Waals surface area contributed by atoms with Gasteiger partial charge in [0.2, 0.25) is 0 Å². The summed E-state index contributed by atoms with van der Waals surface area (Å²) < 4.78 is 45.9. The Balaban J connectivity index is 0.00000363. The molecule has 1 aromatic carbocycles. The van der Waals surface area contributed by atoms with Gasteiger partial charge >= 0.3 is 6.18 Å². The second-order valence-corrected chi connectivity index (χ2v) is 8.58. The Labute approximate surface area is 206 Å². The van der Waals surface area contributed by atoms with Crippen LogP contribution in [0.2, 0.25) is 0 Å². The van der Waals surface area contributed by atoms with Gasteiger partial charge in [-0.1, -0.05) is 0 Å². The summed E-state index contributed by atoms with van der Waals surface area (Å²) in [6.45, 7) is 9.55. The van der Waals surface area contributed by atoms with E-state index in [0.29, 0.717) is 24.6 Å². The van der Waals surface area contributed by atoms with Gasteiger partial charge in [0.25, 0.3) is 0 Å². The van der Waals surface area contributed by atoms with E-state index in [1.165, 1.54) is 12.1 Å². The first-order valence-electron chi connectivity index (χ1n) is 11.0. The number of nitrogens with one attached hydrogen (secondary N) is 2. The van der Waals surface area contributed by atoms with Crippen LogP contribution >= 0.6 is 24.0 Å². The van der Waals surface area contributed by atoms with Crippen molar-refractivity contribution in [2.45, 2.75) is 45.0 Å². The molecule has 182 valence electrons. The van der Waals surface area contributed by atoms with Crippen LogP contribution in [-0.2, 0) is 17.5 Å². The van der Waals surface area contributed by atoms with Crippen LogP contribution in [0.5, 0.6) is 0 Å². The van der Waals surface area contributed by atoms with Gasteiger partial charge in [-0.2, -0.15) is 13.2 Å². The first-order chi connectivity index (χ1) is 14.7. The highest BCUT2D eigenvalue weighted by Crippen LogP contribution is 2.33. The van der Waals surface area contributed by atoms with Gasteiger partial charge in [-0.25, -0.2) is 4.99 Å². The van der Waals surface area contributed by atoms with Crippen molar-refractivity contribution >= 4 is 35.6 Å². The Kier molecular flexibility index (Phi) is 9.89. The van der Waals surface area contributed by atoms with Gasteiger partial charge in [0.1, 0.15) is 0 Å². The second-order valence-electron chi connectivity index (χ2n) is 8.58. The number of hydrogen-bond donors (Lipinski definition) is 2. The summed E-state index contributed by atoms with van der Waals surface area (Å²) in [6, 6.07) is 4.00. The second kappa shape index (κ2) is 11.7. The van der Waals surface area contributed by atoms with Crippen LogP contribution in [0.1, 0.15) is 37.8 Å². The summed E-state index contributed by atoms with van der Waals surface area (Å²) in [5.41, 5.74) is 0.532. The molecule has 0 spiro atoms. The van der Waals surface area contributed by atoms with E-state index in [0.717, 1.165) is 51.3 Å². The third-order valence-corrected chi connectivity index (χ3v) is 5.93. The normalized spacial score (nSPS) is 22.6. The van der Waals surface area contributed by atoms with E-state index < -0.39 is 11.7 Å². The van der Waals surface area contributed by atoms with Crippen molar-refractivity contribution in [3.05, 3.63) is 29.3 Å². The Morgan fingerprint density at radius 2 is 1.91 bits per heavy atom. The van der Waals surface area contributed by atoms with Gasteiger partial charge in [0.15, 0.2) is 5.96 Å². The summed E-state index contributed by atoms with van der Waals surface area (Å²) in [5, 5.41) is 6.48. The van der Waals surface area contributed by atoms with Crippen LogP contribution in [0.25, 0.3) is 0 Å². The molecule has 3 rings (SSSR count). The smallest absolute Gasteiger partial charge is 0.373 e. The molecule has 2 N–H and O–H groups in total. The maximum atomic E-state index is 13.4. The number of hydrogen-bond acceptors (Lipinski definition) is 4. The monoisotopic (exact) mass is 569 g/mol. The molecule has 2 fully saturated rings. The van der Waals surface area contributed by atoms with E-state index in [1.54, 1.807) is 6.07 Å². The minimum atomic E-state index is -4.38. The third-order valence-electron chi connectivity index (χ3n) is 5.93. The molecule has 0 amide bonds. The van der Waals surface area contributed by atoms with Crippen LogP contribution in [0.15, 0.2) is 23.2 Å². The number of alkyl halides is 3. The lowest BCUT2D eigenvalue weighted by Gasteiger charge is -2.35. The highest BCUT2D eigenvalue weighted by Gasteiger charge is 2.32. The number of piperazine rings is 1. The molecule has 2 heterocycles. The van der Waals surface area contributed by atoms with Gasteiger partial charge in [-0.05, 0) is 57.5 Å². The van der Waals surface area contributed by atoms with Crippen molar-refractivity contribution in [2.75, 3.05) is 57.8 Å². The van der Waals surface area contributed by atoms with E-state index in [1.807, 2.05) is 6.92 Å². The molecular weight excluding hydrogens is 534 g/mol. The number of aliphatic imine (C=N–C) groups is 1. The molecule has 2 aliphatic heterocycles. The first-order valence-corrected chi connectivity index (χ1v) is 11.0. The molecule has 2 aliphatic rings. The van der Waals surface area contributed by atoms with Crippen molar-refractivity contribution in [2.24, 2.45) is 4.99 Å². The van der Waals surface area contributed by atoms with Gasteiger partial charge in [-0.3, -0.25) is 0 Å². The van der Waals surface area contributed by atoms with E-state index in [2.05, 4.69) is 39.4 Å². The zero-order chi connectivity index (χ0) is 22.5. The molecule has 2 saturated heterocycles. The van der Waals surface area contributed by atoms with E-state index >= 15 is 0 Å². The molecule has 1 unspecified atom stereocenters. The highest BCUT2D eigenvalue weighted by atomic mass is 127. The molecule has 10 heteroatoms. The van der Waals surface area contributed by atoms with Gasteiger partial charge in [0.05, 0.1) is 17.7 Å². The summed E-state index contributed by atoms with van der Waals surface area (Å²) in [5.74, 6) is 0.584. The lowest BCUT2D eigenvalue weighted by Crippen LogP contribution is -2.45. The number of benzene rings is 1. The van der Waals surface area contributed by atoms with E-state index in [4.69, 9.17) is 4.74 Å². The molecule has 1 aromatic rings. The fourth-order valence-electron chi connectivity index (χ4n) is 4.00. The standard InChI is InChI=1S/C22H34F3N5O.HI/c1-4-26-20(28-16-21(2)8-5-13-31-21)27-15-17-14-18(22(23,24)25)6-7-19(17)30-11-9-29(3)10-12-30;/h6-7,14H,4-5,8-13,15-16H2,1-3H3,(H2,26,27,28);1H. The van der Waals surface area contributed by atoms with Gasteiger partial charge < -0.3 is 25.2 Å². The zero-order valence-corrected chi connectivity index (χ0v) is 21.4. The van der Waals surface area contributed by atoms with Crippen LogP contribution in [0, 0.1) is 0 Å². The minimum Gasteiger partial charge on any atom is -0.373 e. The fraction of sp³-hybridized carbons (Fsp3) is 0.682. The maximum absolute atomic E-state index is 13.4. The van der Waals surface area contributed by atoms with E-state index in [9.17, 15) is 13.2 Å². The highest BCUT2D eigenvalue weighted by molar-refractivity contribution is 14.0. The van der Waals surface area contributed by atoms with Crippen LogP contribution in [0.3, 0.4) is 0 Å². The van der Waals surface area contributed by atoms with E-state index in [-0.39, 0.29) is 36.1 Å². The average Bonchev–Trinajstić information content (AvgIpc) is 3.17. The molecule has 32 heavy (non-hydrogen) atoms. The largest absolute Gasteiger partial charge is 0.416 e. The molecule has 6 nitrogen and oxygen atoms in total. The Hall–Kier alpha value is -1.27. The number of halogens is 4. The fourth-order valence-corrected chi connectivity index (χ4v) is 4.00. The summed E-state index contributed by atoms with van der Waals surface area (Å²) >= 11 is 0. The quantitative estimate of drug-likeness (QED) is 0.311. The number of likely N-dealkylation sites (N-methyl/N-ethyl adjacent to an activating group) is 1. The molecule has 0 aromatic heterocycles. The number of nitrogens with zero attached hydrogens (tertiary/aromatic N) is 3. The van der Waals surface area contributed by atoms with Gasteiger partial charge in [0, 0.05) is 51.6 Å². The lowest BCUT2D eigenvalue weighted by atomic mass is 10.0. The Morgan fingerprint density at radius 1 is 1.19 bits per heavy atom. The first kappa shape index (κ1) is 27.0. The van der Waals surface area contributed by atoms with Crippen LogP contribution in [-0.4, -0.2) is 69.4 Å². The molecule has 0 radical (unpaired) electrons. The molecule has 1 atom stereocenters. The number of rotatable bonds is 6. The maximum Gasteiger partial charge on any atom is 0.416 e. The van der Waals surface area contributed by atoms with Crippen molar-refractivity contribution in [1.82, 2.24) is 15.5 Å². The summed E-state index contributed by atoms with van der Waals surface area (Å²) in [4.78, 5) is 8.97. The van der Waals surface area contributed by atoms with Gasteiger partial charge in [-0.15, -0.1) is 24.0 Å². The molecule has 0 saturated carbocycles. The van der Waals surface area contributed by atoms with Crippen LogP contribution in [0.4, 0.5) is 18.9 Å². The predicted octanol–water partition coefficient (Wildman–Crippen LogP) is 3.70. The Bertz CT molecular complexity index is 760. The van der Waals surface area contributed by atoms with Crippen molar-refractivity contribution < 1.29 is 17.9 Å². The summed E-state index contributed by atoms with van der Waals surface area (Å²) in [7, 11) is 2.05. The molecule has 0 aliphatic carbocycles. The third kappa shape index (κ3) is 7.38. The van der Waals surface area contributed by atoms with Crippen molar-refractivity contribution in [3.8, 4) is 0 Å². The Morgan fingerprint density at radius 3 is 2.50 bits per heavy atom. The number of ether oxygens (including phenoxy) is 1.